The minimum absolute atomic E-state index is 0.0659. The van der Waals surface area contributed by atoms with Gasteiger partial charge in [-0.15, -0.1) is 0 Å². The maximum Gasteiger partial charge on any atom is 0.270 e. The average Bonchev–Trinajstić information content (AvgIpc) is 2.43. The number of carbonyl (C=O) groups excluding carboxylic acids is 1. The van der Waals surface area contributed by atoms with E-state index in [1.807, 2.05) is 12.1 Å². The summed E-state index contributed by atoms with van der Waals surface area (Å²) in [4.78, 5) is 16.4. The van der Waals surface area contributed by atoms with E-state index in [2.05, 4.69) is 29.5 Å². The van der Waals surface area contributed by atoms with E-state index < -0.39 is 0 Å². The maximum absolute atomic E-state index is 12.2. The fraction of sp³-hybridized carbons (Fsp3) is 0.600. The Morgan fingerprint density at radius 3 is 2.74 bits per heavy atom. The third-order valence-corrected chi connectivity index (χ3v) is 4.17. The molecule has 1 saturated carbocycles. The molecule has 2 N–H and O–H groups in total. The van der Waals surface area contributed by atoms with Gasteiger partial charge in [0.15, 0.2) is 0 Å². The van der Waals surface area contributed by atoms with Gasteiger partial charge >= 0.3 is 0 Å². The van der Waals surface area contributed by atoms with E-state index in [9.17, 15) is 4.79 Å². The second-order valence-corrected chi connectivity index (χ2v) is 5.60. The van der Waals surface area contributed by atoms with Crippen molar-refractivity contribution in [3.63, 3.8) is 0 Å². The van der Waals surface area contributed by atoms with Gasteiger partial charge < -0.3 is 10.6 Å². The number of hydrogen-bond acceptors (Lipinski definition) is 3. The fourth-order valence-corrected chi connectivity index (χ4v) is 2.64. The average molecular weight is 261 g/mol. The smallest absolute Gasteiger partial charge is 0.270 e. The van der Waals surface area contributed by atoms with E-state index in [-0.39, 0.29) is 5.91 Å². The molecular weight excluding hydrogens is 238 g/mol. The van der Waals surface area contributed by atoms with Crippen LogP contribution < -0.4 is 10.6 Å². The van der Waals surface area contributed by atoms with E-state index in [1.165, 1.54) is 6.42 Å². The first kappa shape index (κ1) is 13.8. The molecule has 19 heavy (non-hydrogen) atoms. The van der Waals surface area contributed by atoms with Gasteiger partial charge in [-0.1, -0.05) is 19.9 Å². The quantitative estimate of drug-likeness (QED) is 0.879. The molecule has 104 valence electrons. The lowest BCUT2D eigenvalue weighted by Gasteiger charge is -2.32. The maximum atomic E-state index is 12.2. The summed E-state index contributed by atoms with van der Waals surface area (Å²) in [6, 6.07) is 5.74. The van der Waals surface area contributed by atoms with Crippen LogP contribution in [0.4, 0.5) is 5.82 Å². The Kier molecular flexibility index (Phi) is 4.40. The summed E-state index contributed by atoms with van der Waals surface area (Å²) in [5.74, 6) is 2.09. The van der Waals surface area contributed by atoms with Gasteiger partial charge in [0.2, 0.25) is 0 Å². The Balaban J connectivity index is 1.97. The van der Waals surface area contributed by atoms with Crippen LogP contribution in [0.25, 0.3) is 0 Å². The molecule has 0 bridgehead atoms. The number of carbonyl (C=O) groups is 1. The Morgan fingerprint density at radius 1 is 1.26 bits per heavy atom. The standard InChI is InChI=1S/C15H23N3O/c1-10-7-8-12(9-11(10)2)17-15(19)13-5-4-6-14(16-3)18-13/h4-6,10-12H,7-9H2,1-3H3,(H,16,18)(H,17,19). The van der Waals surface area contributed by atoms with Gasteiger partial charge in [0.25, 0.3) is 5.91 Å². The zero-order valence-electron chi connectivity index (χ0n) is 11.9. The summed E-state index contributed by atoms with van der Waals surface area (Å²) in [6.45, 7) is 4.56. The highest BCUT2D eigenvalue weighted by Gasteiger charge is 2.25. The lowest BCUT2D eigenvalue weighted by atomic mass is 9.79. The second kappa shape index (κ2) is 6.04. The third kappa shape index (κ3) is 3.46. The Hall–Kier alpha value is -1.58. The number of hydrogen-bond donors (Lipinski definition) is 2. The molecule has 1 amide bonds. The molecule has 1 aliphatic carbocycles. The molecule has 4 nitrogen and oxygen atoms in total. The van der Waals surface area contributed by atoms with E-state index in [0.29, 0.717) is 17.7 Å². The van der Waals surface area contributed by atoms with Crippen molar-refractivity contribution in [3.05, 3.63) is 23.9 Å². The number of nitrogens with zero attached hydrogens (tertiary/aromatic N) is 1. The first-order valence-corrected chi connectivity index (χ1v) is 7.06. The lowest BCUT2D eigenvalue weighted by molar-refractivity contribution is 0.0905. The van der Waals surface area contributed by atoms with E-state index >= 15 is 0 Å². The summed E-state index contributed by atoms with van der Waals surface area (Å²) >= 11 is 0. The number of pyridine rings is 1. The topological polar surface area (TPSA) is 54.0 Å². The van der Waals surface area contributed by atoms with Crippen molar-refractivity contribution in [2.45, 2.75) is 39.2 Å². The highest BCUT2D eigenvalue weighted by Crippen LogP contribution is 2.29. The van der Waals surface area contributed by atoms with Gasteiger partial charge in [0.05, 0.1) is 0 Å². The third-order valence-electron chi connectivity index (χ3n) is 4.17. The van der Waals surface area contributed by atoms with E-state index in [4.69, 9.17) is 0 Å². The molecule has 1 aromatic heterocycles. The van der Waals surface area contributed by atoms with Gasteiger partial charge in [-0.25, -0.2) is 4.98 Å². The fourth-order valence-electron chi connectivity index (χ4n) is 2.64. The van der Waals surface area contributed by atoms with Crippen molar-refractivity contribution in [3.8, 4) is 0 Å². The highest BCUT2D eigenvalue weighted by atomic mass is 16.1. The van der Waals surface area contributed by atoms with Gasteiger partial charge in [0.1, 0.15) is 11.5 Å². The summed E-state index contributed by atoms with van der Waals surface area (Å²) in [6.07, 6.45) is 3.33. The predicted molar refractivity (Wildman–Crippen MR) is 77.2 cm³/mol. The molecule has 0 saturated heterocycles. The normalized spacial score (nSPS) is 26.8. The minimum Gasteiger partial charge on any atom is -0.373 e. The van der Waals surface area contributed by atoms with Gasteiger partial charge in [0, 0.05) is 13.1 Å². The Labute approximate surface area is 115 Å². The molecule has 1 heterocycles. The zero-order valence-corrected chi connectivity index (χ0v) is 11.9. The van der Waals surface area contributed by atoms with Crippen molar-refractivity contribution >= 4 is 11.7 Å². The molecule has 1 aliphatic rings. The summed E-state index contributed by atoms with van der Waals surface area (Å²) in [5.41, 5.74) is 0.484. The number of aromatic nitrogens is 1. The number of nitrogens with one attached hydrogen (secondary N) is 2. The molecule has 0 spiro atoms. The van der Waals surface area contributed by atoms with Crippen LogP contribution in [0.2, 0.25) is 0 Å². The Bertz CT molecular complexity index is 447. The molecule has 3 unspecified atom stereocenters. The molecule has 0 aliphatic heterocycles. The first-order valence-electron chi connectivity index (χ1n) is 7.06. The molecular formula is C15H23N3O. The molecule has 1 fully saturated rings. The van der Waals surface area contributed by atoms with Crippen LogP contribution in [0.3, 0.4) is 0 Å². The minimum atomic E-state index is -0.0659. The van der Waals surface area contributed by atoms with Crippen LogP contribution in [0.15, 0.2) is 18.2 Å². The monoisotopic (exact) mass is 261 g/mol. The van der Waals surface area contributed by atoms with Crippen molar-refractivity contribution in [1.82, 2.24) is 10.3 Å². The van der Waals surface area contributed by atoms with Crippen LogP contribution in [0.5, 0.6) is 0 Å². The number of amides is 1. The lowest BCUT2D eigenvalue weighted by Crippen LogP contribution is -2.40. The largest absolute Gasteiger partial charge is 0.373 e. The summed E-state index contributed by atoms with van der Waals surface area (Å²) in [5, 5.41) is 6.06. The summed E-state index contributed by atoms with van der Waals surface area (Å²) in [7, 11) is 1.80. The zero-order chi connectivity index (χ0) is 13.8. The Morgan fingerprint density at radius 2 is 2.05 bits per heavy atom. The van der Waals surface area contributed by atoms with Crippen LogP contribution in [0.1, 0.15) is 43.6 Å². The van der Waals surface area contributed by atoms with Crippen molar-refractivity contribution in [2.24, 2.45) is 11.8 Å². The molecule has 0 aromatic carbocycles. The van der Waals surface area contributed by atoms with E-state index in [0.717, 1.165) is 24.6 Å². The molecule has 1 aromatic rings. The highest BCUT2D eigenvalue weighted by molar-refractivity contribution is 5.92. The van der Waals surface area contributed by atoms with Gasteiger partial charge in [-0.2, -0.15) is 0 Å². The van der Waals surface area contributed by atoms with Crippen molar-refractivity contribution in [2.75, 3.05) is 12.4 Å². The molecule has 3 atom stereocenters. The van der Waals surface area contributed by atoms with Crippen LogP contribution >= 0.6 is 0 Å². The number of anilines is 1. The van der Waals surface area contributed by atoms with Gasteiger partial charge in [-0.05, 0) is 43.2 Å². The number of rotatable bonds is 3. The SMILES string of the molecule is CNc1cccc(C(=O)NC2CCC(C)C(C)C2)n1. The second-order valence-electron chi connectivity index (χ2n) is 5.60. The van der Waals surface area contributed by atoms with Crippen LogP contribution in [-0.4, -0.2) is 24.0 Å². The van der Waals surface area contributed by atoms with Crippen molar-refractivity contribution in [1.29, 1.82) is 0 Å². The van der Waals surface area contributed by atoms with Gasteiger partial charge in [-0.3, -0.25) is 4.79 Å². The summed E-state index contributed by atoms with van der Waals surface area (Å²) < 4.78 is 0. The van der Waals surface area contributed by atoms with Crippen LogP contribution in [-0.2, 0) is 0 Å². The first-order chi connectivity index (χ1) is 9.10. The van der Waals surface area contributed by atoms with E-state index in [1.54, 1.807) is 13.1 Å². The van der Waals surface area contributed by atoms with Crippen LogP contribution in [0, 0.1) is 11.8 Å². The molecule has 2 rings (SSSR count). The molecule has 0 radical (unpaired) electrons. The van der Waals surface area contributed by atoms with Crippen molar-refractivity contribution < 1.29 is 4.79 Å². The predicted octanol–water partition coefficient (Wildman–Crippen LogP) is 2.68. The molecule has 4 heteroatoms.